The molecule has 0 saturated carbocycles. The summed E-state index contributed by atoms with van der Waals surface area (Å²) in [6.07, 6.45) is -0.597. The molecule has 0 saturated heterocycles. The van der Waals surface area contributed by atoms with Gasteiger partial charge < -0.3 is 10.4 Å². The fraction of sp³-hybridized carbons (Fsp3) is 0.118. The van der Waals surface area contributed by atoms with Crippen molar-refractivity contribution in [2.24, 2.45) is 0 Å². The van der Waals surface area contributed by atoms with Crippen LogP contribution in [0.15, 0.2) is 53.9 Å². The summed E-state index contributed by atoms with van der Waals surface area (Å²) in [5.41, 5.74) is 0.574. The van der Waals surface area contributed by atoms with E-state index in [0.29, 0.717) is 17.1 Å². The van der Waals surface area contributed by atoms with Gasteiger partial charge in [-0.25, -0.2) is 0 Å². The molecule has 3 aromatic rings. The number of halogens is 1. The minimum atomic E-state index is -0.597. The number of rotatable bonds is 5. The van der Waals surface area contributed by atoms with Crippen molar-refractivity contribution in [3.63, 3.8) is 0 Å². The number of thiophene rings is 2. The van der Waals surface area contributed by atoms with Crippen molar-refractivity contribution in [2.75, 3.05) is 0 Å². The third-order valence-electron chi connectivity index (χ3n) is 3.29. The van der Waals surface area contributed by atoms with Crippen LogP contribution in [-0.4, -0.2) is 11.0 Å². The number of carbonyl (C=O) groups is 1. The zero-order chi connectivity index (χ0) is 16.2. The number of aliphatic hydroxyl groups excluding tert-OH is 1. The van der Waals surface area contributed by atoms with Gasteiger partial charge in [0.1, 0.15) is 6.10 Å². The van der Waals surface area contributed by atoms with E-state index in [1.165, 1.54) is 22.7 Å². The zero-order valence-corrected chi connectivity index (χ0v) is 14.4. The highest BCUT2D eigenvalue weighted by atomic mass is 35.5. The van der Waals surface area contributed by atoms with Crippen LogP contribution in [-0.2, 0) is 6.54 Å². The van der Waals surface area contributed by atoms with E-state index in [1.54, 1.807) is 24.3 Å². The Morgan fingerprint density at radius 1 is 1.13 bits per heavy atom. The van der Waals surface area contributed by atoms with Gasteiger partial charge in [0.15, 0.2) is 0 Å². The predicted molar refractivity (Wildman–Crippen MR) is 95.3 cm³/mol. The Hall–Kier alpha value is -1.66. The maximum atomic E-state index is 12.1. The Labute approximate surface area is 147 Å². The Morgan fingerprint density at radius 2 is 1.91 bits per heavy atom. The number of aliphatic hydroxyl groups is 1. The summed E-state index contributed by atoms with van der Waals surface area (Å²) in [6.45, 7) is 0.434. The Morgan fingerprint density at radius 3 is 2.61 bits per heavy atom. The van der Waals surface area contributed by atoms with E-state index < -0.39 is 6.10 Å². The number of hydrogen-bond donors (Lipinski definition) is 2. The van der Waals surface area contributed by atoms with Crippen molar-refractivity contribution in [3.8, 4) is 0 Å². The van der Waals surface area contributed by atoms with Crippen LogP contribution in [0.5, 0.6) is 0 Å². The van der Waals surface area contributed by atoms with Crippen LogP contribution in [0.3, 0.4) is 0 Å². The molecule has 1 amide bonds. The molecule has 1 atom stereocenters. The second-order valence-corrected chi connectivity index (χ2v) is 7.53. The van der Waals surface area contributed by atoms with E-state index in [4.69, 9.17) is 11.6 Å². The van der Waals surface area contributed by atoms with Gasteiger partial charge in [0, 0.05) is 25.2 Å². The molecule has 2 N–H and O–H groups in total. The van der Waals surface area contributed by atoms with Gasteiger partial charge in [0.25, 0.3) is 5.91 Å². The van der Waals surface area contributed by atoms with E-state index in [1.807, 2.05) is 29.6 Å². The normalized spacial score (nSPS) is 12.1. The Balaban J connectivity index is 1.61. The van der Waals surface area contributed by atoms with Crippen molar-refractivity contribution >= 4 is 40.2 Å². The van der Waals surface area contributed by atoms with Crippen LogP contribution in [0, 0.1) is 0 Å². The molecular weight excluding hydrogens is 350 g/mol. The van der Waals surface area contributed by atoms with Crippen molar-refractivity contribution in [3.05, 3.63) is 79.1 Å². The van der Waals surface area contributed by atoms with Gasteiger partial charge >= 0.3 is 0 Å². The second-order valence-electron chi connectivity index (χ2n) is 4.91. The molecule has 0 aliphatic carbocycles. The first-order chi connectivity index (χ1) is 11.1. The maximum absolute atomic E-state index is 12.1. The summed E-state index contributed by atoms with van der Waals surface area (Å²) in [7, 11) is 0. The molecule has 1 unspecified atom stereocenters. The van der Waals surface area contributed by atoms with Gasteiger partial charge in [-0.1, -0.05) is 17.7 Å². The quantitative estimate of drug-likeness (QED) is 0.702. The molecule has 23 heavy (non-hydrogen) atoms. The van der Waals surface area contributed by atoms with E-state index in [-0.39, 0.29) is 5.91 Å². The van der Waals surface area contributed by atoms with Crippen molar-refractivity contribution in [1.29, 1.82) is 0 Å². The first-order valence-electron chi connectivity index (χ1n) is 6.97. The number of carbonyl (C=O) groups excluding carboxylic acids is 1. The van der Waals surface area contributed by atoms with Crippen LogP contribution in [0.1, 0.15) is 31.1 Å². The third-order valence-corrected chi connectivity index (χ3v) is 5.61. The fourth-order valence-electron chi connectivity index (χ4n) is 2.09. The van der Waals surface area contributed by atoms with Crippen molar-refractivity contribution in [1.82, 2.24) is 5.32 Å². The monoisotopic (exact) mass is 363 g/mol. The van der Waals surface area contributed by atoms with Crippen molar-refractivity contribution < 1.29 is 9.90 Å². The lowest BCUT2D eigenvalue weighted by atomic mass is 10.2. The van der Waals surface area contributed by atoms with Gasteiger partial charge in [-0.3, -0.25) is 4.79 Å². The van der Waals surface area contributed by atoms with Crippen LogP contribution >= 0.6 is 34.3 Å². The van der Waals surface area contributed by atoms with Gasteiger partial charge in [0.05, 0.1) is 6.54 Å². The number of nitrogens with one attached hydrogen (secondary N) is 1. The molecule has 6 heteroatoms. The molecule has 0 fully saturated rings. The average molecular weight is 364 g/mol. The molecule has 0 radical (unpaired) electrons. The number of benzene rings is 1. The molecular formula is C17H14ClNO2S2. The highest BCUT2D eigenvalue weighted by molar-refractivity contribution is 7.12. The highest BCUT2D eigenvalue weighted by Crippen LogP contribution is 2.30. The largest absolute Gasteiger partial charge is 0.382 e. The van der Waals surface area contributed by atoms with E-state index in [9.17, 15) is 9.90 Å². The maximum Gasteiger partial charge on any atom is 0.251 e. The molecule has 2 heterocycles. The second kappa shape index (κ2) is 7.27. The standard InChI is InChI=1S/C17H14ClNO2S2/c18-12-5-3-11(4-6-12)17(21)19-10-13-7-8-15(23-13)16(20)14-2-1-9-22-14/h1-9,16,20H,10H2,(H,19,21). The summed E-state index contributed by atoms with van der Waals surface area (Å²) in [5, 5.41) is 15.7. The minimum absolute atomic E-state index is 0.143. The lowest BCUT2D eigenvalue weighted by Gasteiger charge is -2.05. The summed E-state index contributed by atoms with van der Waals surface area (Å²) >= 11 is 8.84. The molecule has 3 rings (SSSR count). The van der Waals surface area contributed by atoms with Gasteiger partial charge in [-0.05, 0) is 47.8 Å². The lowest BCUT2D eigenvalue weighted by Crippen LogP contribution is -2.22. The smallest absolute Gasteiger partial charge is 0.251 e. The molecule has 2 aromatic heterocycles. The summed E-state index contributed by atoms with van der Waals surface area (Å²) in [5.74, 6) is -0.143. The molecule has 0 spiro atoms. The molecule has 1 aromatic carbocycles. The Kier molecular flexibility index (Phi) is 5.13. The highest BCUT2D eigenvalue weighted by Gasteiger charge is 2.14. The summed E-state index contributed by atoms with van der Waals surface area (Å²) in [4.78, 5) is 14.9. The third kappa shape index (κ3) is 4.00. The number of amides is 1. The van der Waals surface area contributed by atoms with Gasteiger partial charge in [-0.15, -0.1) is 22.7 Å². The molecule has 118 valence electrons. The molecule has 0 aliphatic rings. The van der Waals surface area contributed by atoms with Gasteiger partial charge in [0.2, 0.25) is 0 Å². The van der Waals surface area contributed by atoms with Crippen LogP contribution in [0.25, 0.3) is 0 Å². The molecule has 3 nitrogen and oxygen atoms in total. The Bertz CT molecular complexity index is 781. The zero-order valence-electron chi connectivity index (χ0n) is 12.0. The predicted octanol–water partition coefficient (Wildman–Crippen LogP) is 4.47. The first kappa shape index (κ1) is 16.2. The topological polar surface area (TPSA) is 49.3 Å². The van der Waals surface area contributed by atoms with Crippen LogP contribution in [0.4, 0.5) is 0 Å². The summed E-state index contributed by atoms with van der Waals surface area (Å²) < 4.78 is 0. The van der Waals surface area contributed by atoms with E-state index >= 15 is 0 Å². The fourth-order valence-corrected chi connectivity index (χ4v) is 3.98. The SMILES string of the molecule is O=C(NCc1ccc(C(O)c2cccs2)s1)c1ccc(Cl)cc1. The van der Waals surface area contributed by atoms with Crippen LogP contribution < -0.4 is 5.32 Å². The van der Waals surface area contributed by atoms with Gasteiger partial charge in [-0.2, -0.15) is 0 Å². The van der Waals surface area contributed by atoms with E-state index in [2.05, 4.69) is 5.32 Å². The summed E-state index contributed by atoms with van der Waals surface area (Å²) in [6, 6.07) is 14.4. The van der Waals surface area contributed by atoms with Crippen LogP contribution in [0.2, 0.25) is 5.02 Å². The van der Waals surface area contributed by atoms with Crippen molar-refractivity contribution in [2.45, 2.75) is 12.6 Å². The average Bonchev–Trinajstić information content (AvgIpc) is 3.24. The first-order valence-corrected chi connectivity index (χ1v) is 9.05. The minimum Gasteiger partial charge on any atom is -0.382 e. The number of hydrogen-bond acceptors (Lipinski definition) is 4. The molecule has 0 bridgehead atoms. The lowest BCUT2D eigenvalue weighted by molar-refractivity contribution is 0.0951. The molecule has 0 aliphatic heterocycles. The van der Waals surface area contributed by atoms with E-state index in [0.717, 1.165) is 14.6 Å².